The number of aromatic nitrogens is 2. The van der Waals surface area contributed by atoms with E-state index in [0.717, 1.165) is 54.7 Å². The summed E-state index contributed by atoms with van der Waals surface area (Å²) >= 11 is 1.26. The van der Waals surface area contributed by atoms with Crippen molar-refractivity contribution in [1.29, 1.82) is 0 Å². The number of fused-ring (bicyclic) bond motifs is 6. The standard InChI is InChI=1S/C29H43N5OS/c1-27(2,3)15-19-14-20-16-29(7,8)34(18-20)25-21(12-13-22(31-25)28(4,5)6)26(35)33-36-24-11-9-10-23(32-24)30-17-19/h9-13,19-20H,14-18H2,1-8H3,(H,30,32)(H,33,35)/t19?,20-/m0/s1. The number of anilines is 2. The number of amides is 1. The van der Waals surface area contributed by atoms with Crippen molar-refractivity contribution in [3.8, 4) is 0 Å². The third-order valence-corrected chi connectivity index (χ3v) is 7.94. The Hall–Kier alpha value is -2.28. The zero-order chi connectivity index (χ0) is 26.3. The van der Waals surface area contributed by atoms with Gasteiger partial charge in [-0.25, -0.2) is 9.97 Å². The van der Waals surface area contributed by atoms with E-state index >= 15 is 0 Å². The summed E-state index contributed by atoms with van der Waals surface area (Å²) in [6, 6.07) is 9.87. The highest BCUT2D eigenvalue weighted by molar-refractivity contribution is 7.97. The smallest absolute Gasteiger partial charge is 0.265 e. The number of pyridine rings is 2. The Morgan fingerprint density at radius 2 is 1.83 bits per heavy atom. The number of nitrogens with zero attached hydrogens (tertiary/aromatic N) is 3. The van der Waals surface area contributed by atoms with E-state index in [1.165, 1.54) is 11.9 Å². The van der Waals surface area contributed by atoms with Crippen LogP contribution in [0.5, 0.6) is 0 Å². The maximum Gasteiger partial charge on any atom is 0.265 e. The Labute approximate surface area is 221 Å². The number of carbonyl (C=O) groups is 1. The van der Waals surface area contributed by atoms with Crippen molar-refractivity contribution >= 4 is 29.5 Å². The average molecular weight is 510 g/mol. The highest BCUT2D eigenvalue weighted by atomic mass is 32.2. The lowest BCUT2D eigenvalue weighted by molar-refractivity contribution is 0.0984. The highest BCUT2D eigenvalue weighted by Crippen LogP contribution is 2.42. The Bertz CT molecular complexity index is 1100. The van der Waals surface area contributed by atoms with Gasteiger partial charge in [-0.2, -0.15) is 0 Å². The molecule has 6 nitrogen and oxygen atoms in total. The monoisotopic (exact) mass is 509 g/mol. The summed E-state index contributed by atoms with van der Waals surface area (Å²) in [7, 11) is 0. The van der Waals surface area contributed by atoms with Gasteiger partial charge in [-0.3, -0.25) is 9.52 Å². The second-order valence-electron chi connectivity index (χ2n) is 13.5. The SMILES string of the molecule is CC(C)(C)CC1CNc2cccc(n2)SNC(=O)c2ccc(C(C)(C)C)nc2N2C[C@@H](C1)CC2(C)C. The fourth-order valence-electron chi connectivity index (χ4n) is 5.72. The van der Waals surface area contributed by atoms with Gasteiger partial charge in [0.2, 0.25) is 0 Å². The van der Waals surface area contributed by atoms with Crippen LogP contribution in [-0.4, -0.2) is 34.5 Å². The van der Waals surface area contributed by atoms with Crippen LogP contribution in [0.1, 0.15) is 90.7 Å². The van der Waals surface area contributed by atoms with Crippen LogP contribution in [0, 0.1) is 17.3 Å². The lowest BCUT2D eigenvalue weighted by atomic mass is 9.79. The molecule has 2 N–H and O–H groups in total. The summed E-state index contributed by atoms with van der Waals surface area (Å²) in [4.78, 5) is 25.7. The van der Waals surface area contributed by atoms with E-state index < -0.39 is 0 Å². The third kappa shape index (κ3) is 6.34. The summed E-state index contributed by atoms with van der Waals surface area (Å²) in [6.07, 6.45) is 3.37. The Kier molecular flexibility index (Phi) is 7.35. The molecule has 0 aromatic carbocycles. The van der Waals surface area contributed by atoms with Gasteiger partial charge in [0, 0.05) is 41.7 Å². The predicted octanol–water partition coefficient (Wildman–Crippen LogP) is 6.68. The number of carbonyl (C=O) groups excluding carboxylic acids is 1. The Morgan fingerprint density at radius 1 is 1.08 bits per heavy atom. The van der Waals surface area contributed by atoms with Crippen LogP contribution in [0.4, 0.5) is 11.6 Å². The van der Waals surface area contributed by atoms with Crippen molar-refractivity contribution in [2.75, 3.05) is 23.3 Å². The molecule has 1 saturated heterocycles. The van der Waals surface area contributed by atoms with Gasteiger partial charge in [-0.05, 0) is 74.6 Å². The molecule has 1 amide bonds. The minimum Gasteiger partial charge on any atom is -0.370 e. The number of hydrogen-bond donors (Lipinski definition) is 2. The van der Waals surface area contributed by atoms with E-state index in [4.69, 9.17) is 9.97 Å². The normalized spacial score (nSPS) is 22.7. The first-order chi connectivity index (χ1) is 16.7. The minimum atomic E-state index is -0.136. The number of nitrogens with one attached hydrogen (secondary N) is 2. The second kappa shape index (κ2) is 9.88. The maximum absolute atomic E-state index is 13.5. The quantitative estimate of drug-likeness (QED) is 0.418. The summed E-state index contributed by atoms with van der Waals surface area (Å²) in [6.45, 7) is 19.9. The van der Waals surface area contributed by atoms with Crippen molar-refractivity contribution in [2.24, 2.45) is 17.3 Å². The maximum atomic E-state index is 13.5. The van der Waals surface area contributed by atoms with Gasteiger partial charge in [0.1, 0.15) is 16.7 Å². The van der Waals surface area contributed by atoms with Crippen molar-refractivity contribution in [2.45, 2.75) is 90.6 Å². The predicted molar refractivity (Wildman–Crippen MR) is 151 cm³/mol. The summed E-state index contributed by atoms with van der Waals surface area (Å²) in [5.74, 6) is 2.58. The summed E-state index contributed by atoms with van der Waals surface area (Å²) < 4.78 is 3.02. The Balaban J connectivity index is 1.77. The molecule has 2 aliphatic rings. The van der Waals surface area contributed by atoms with Crippen molar-refractivity contribution in [3.05, 3.63) is 41.6 Å². The Morgan fingerprint density at radius 3 is 2.53 bits per heavy atom. The average Bonchev–Trinajstić information content (AvgIpc) is 3.07. The molecule has 4 rings (SSSR count). The molecule has 2 atom stereocenters. The van der Waals surface area contributed by atoms with E-state index in [2.05, 4.69) is 70.3 Å². The van der Waals surface area contributed by atoms with E-state index in [9.17, 15) is 4.79 Å². The number of rotatable bonds is 1. The highest BCUT2D eigenvalue weighted by Gasteiger charge is 2.42. The molecule has 2 aliphatic heterocycles. The molecule has 0 spiro atoms. The molecule has 0 saturated carbocycles. The molecule has 36 heavy (non-hydrogen) atoms. The van der Waals surface area contributed by atoms with Gasteiger partial charge in [-0.15, -0.1) is 0 Å². The van der Waals surface area contributed by atoms with Crippen LogP contribution < -0.4 is 14.9 Å². The largest absolute Gasteiger partial charge is 0.370 e. The van der Waals surface area contributed by atoms with E-state index in [-0.39, 0.29) is 22.3 Å². The molecular weight excluding hydrogens is 466 g/mol. The molecule has 4 bridgehead atoms. The second-order valence-corrected chi connectivity index (χ2v) is 14.3. The summed E-state index contributed by atoms with van der Waals surface area (Å²) in [5.41, 5.74) is 1.69. The zero-order valence-corrected chi connectivity index (χ0v) is 24.1. The van der Waals surface area contributed by atoms with Gasteiger partial charge < -0.3 is 10.2 Å². The molecule has 7 heteroatoms. The molecule has 0 radical (unpaired) electrons. The molecule has 2 aromatic heterocycles. The first-order valence-electron chi connectivity index (χ1n) is 13.2. The van der Waals surface area contributed by atoms with E-state index in [1.807, 2.05) is 30.3 Å². The molecule has 0 aliphatic carbocycles. The molecule has 196 valence electrons. The molecule has 2 aromatic rings. The van der Waals surface area contributed by atoms with E-state index in [0.29, 0.717) is 17.4 Å². The van der Waals surface area contributed by atoms with Gasteiger partial charge in [0.15, 0.2) is 0 Å². The lowest BCUT2D eigenvalue weighted by Gasteiger charge is -2.34. The minimum absolute atomic E-state index is 0.0843. The third-order valence-electron chi connectivity index (χ3n) is 7.21. The first kappa shape index (κ1) is 26.8. The zero-order valence-electron chi connectivity index (χ0n) is 23.2. The fourth-order valence-corrected chi connectivity index (χ4v) is 6.31. The number of hydrogen-bond acceptors (Lipinski definition) is 6. The van der Waals surface area contributed by atoms with Crippen LogP contribution in [-0.2, 0) is 5.41 Å². The van der Waals surface area contributed by atoms with Crippen LogP contribution in [0.2, 0.25) is 0 Å². The van der Waals surface area contributed by atoms with Crippen molar-refractivity contribution in [3.63, 3.8) is 0 Å². The molecule has 1 fully saturated rings. The van der Waals surface area contributed by atoms with E-state index in [1.54, 1.807) is 0 Å². The van der Waals surface area contributed by atoms with Gasteiger partial charge >= 0.3 is 0 Å². The molecule has 4 heterocycles. The van der Waals surface area contributed by atoms with Gasteiger partial charge in [0.05, 0.1) is 5.56 Å². The van der Waals surface area contributed by atoms with Crippen molar-refractivity contribution < 1.29 is 4.79 Å². The van der Waals surface area contributed by atoms with Crippen LogP contribution in [0.3, 0.4) is 0 Å². The first-order valence-corrected chi connectivity index (χ1v) is 14.0. The van der Waals surface area contributed by atoms with Gasteiger partial charge in [-0.1, -0.05) is 47.6 Å². The summed E-state index contributed by atoms with van der Waals surface area (Å²) in [5, 5.41) is 4.36. The van der Waals surface area contributed by atoms with Crippen molar-refractivity contribution in [1.82, 2.24) is 14.7 Å². The van der Waals surface area contributed by atoms with Crippen LogP contribution in [0.15, 0.2) is 35.4 Å². The molecular formula is C29H43N5OS. The van der Waals surface area contributed by atoms with Crippen LogP contribution >= 0.6 is 11.9 Å². The fraction of sp³-hybridized carbons (Fsp3) is 0.621. The van der Waals surface area contributed by atoms with Crippen LogP contribution in [0.25, 0.3) is 0 Å². The topological polar surface area (TPSA) is 70.1 Å². The molecule has 1 unspecified atom stereocenters. The van der Waals surface area contributed by atoms with Gasteiger partial charge in [0.25, 0.3) is 5.91 Å². The lowest BCUT2D eigenvalue weighted by Crippen LogP contribution is -2.40.